The van der Waals surface area contributed by atoms with Crippen molar-refractivity contribution in [2.24, 2.45) is 0 Å². The second-order valence-corrected chi connectivity index (χ2v) is 6.20. The Morgan fingerprint density at radius 2 is 2.04 bits per heavy atom. The van der Waals surface area contributed by atoms with E-state index in [1.807, 2.05) is 30.8 Å². The molecule has 26 heavy (non-hydrogen) atoms. The van der Waals surface area contributed by atoms with E-state index in [1.54, 1.807) is 41.2 Å². The van der Waals surface area contributed by atoms with Gasteiger partial charge in [-0.25, -0.2) is 4.68 Å². The molecule has 0 aliphatic rings. The van der Waals surface area contributed by atoms with Crippen LogP contribution < -0.4 is 10.1 Å². The van der Waals surface area contributed by atoms with Crippen LogP contribution in [0.5, 0.6) is 5.75 Å². The van der Waals surface area contributed by atoms with Crippen molar-refractivity contribution in [3.63, 3.8) is 0 Å². The molecule has 8 heteroatoms. The standard InChI is InChI=1S/C18H20ClN5O2/c1-3-23-9-7-16(21-23)13(2)20-18(25)17-8-10-24(22-17)12-26-15-6-4-5-14(19)11-15/h4-11,13H,3,12H2,1-2H3,(H,20,25). The highest BCUT2D eigenvalue weighted by molar-refractivity contribution is 6.30. The highest BCUT2D eigenvalue weighted by Gasteiger charge is 2.15. The predicted molar refractivity (Wildman–Crippen MR) is 98.1 cm³/mol. The number of benzene rings is 1. The van der Waals surface area contributed by atoms with Gasteiger partial charge in [-0.15, -0.1) is 0 Å². The van der Waals surface area contributed by atoms with Crippen molar-refractivity contribution in [1.29, 1.82) is 0 Å². The number of carbonyl (C=O) groups excluding carboxylic acids is 1. The Morgan fingerprint density at radius 1 is 1.23 bits per heavy atom. The van der Waals surface area contributed by atoms with Gasteiger partial charge in [-0.1, -0.05) is 17.7 Å². The number of hydrogen-bond acceptors (Lipinski definition) is 4. The Morgan fingerprint density at radius 3 is 2.77 bits per heavy atom. The summed E-state index contributed by atoms with van der Waals surface area (Å²) in [4.78, 5) is 12.4. The lowest BCUT2D eigenvalue weighted by Crippen LogP contribution is -2.27. The van der Waals surface area contributed by atoms with E-state index >= 15 is 0 Å². The summed E-state index contributed by atoms with van der Waals surface area (Å²) in [6.45, 7) is 4.87. The van der Waals surface area contributed by atoms with Crippen LogP contribution in [0.2, 0.25) is 5.02 Å². The molecule has 1 aromatic carbocycles. The molecule has 1 atom stereocenters. The van der Waals surface area contributed by atoms with E-state index in [1.165, 1.54) is 0 Å². The van der Waals surface area contributed by atoms with Crippen LogP contribution in [0.15, 0.2) is 48.8 Å². The fourth-order valence-electron chi connectivity index (χ4n) is 2.38. The van der Waals surface area contributed by atoms with Crippen molar-refractivity contribution >= 4 is 17.5 Å². The molecule has 136 valence electrons. The maximum atomic E-state index is 12.4. The third-order valence-electron chi connectivity index (χ3n) is 3.81. The Kier molecular flexibility index (Phi) is 5.58. The highest BCUT2D eigenvalue weighted by atomic mass is 35.5. The fraction of sp³-hybridized carbons (Fsp3) is 0.278. The first-order chi connectivity index (χ1) is 12.5. The van der Waals surface area contributed by atoms with Crippen LogP contribution in [0.1, 0.15) is 36.1 Å². The lowest BCUT2D eigenvalue weighted by molar-refractivity contribution is 0.0932. The molecule has 0 aliphatic heterocycles. The summed E-state index contributed by atoms with van der Waals surface area (Å²) in [7, 11) is 0. The monoisotopic (exact) mass is 373 g/mol. The number of hydrogen-bond donors (Lipinski definition) is 1. The van der Waals surface area contributed by atoms with Crippen molar-refractivity contribution in [2.75, 3.05) is 0 Å². The molecule has 3 rings (SSSR count). The third-order valence-corrected chi connectivity index (χ3v) is 4.04. The van der Waals surface area contributed by atoms with E-state index in [-0.39, 0.29) is 18.7 Å². The quantitative estimate of drug-likeness (QED) is 0.689. The Labute approximate surface area is 156 Å². The summed E-state index contributed by atoms with van der Waals surface area (Å²) in [5, 5.41) is 12.1. The summed E-state index contributed by atoms with van der Waals surface area (Å²) >= 11 is 5.92. The van der Waals surface area contributed by atoms with E-state index in [0.29, 0.717) is 16.5 Å². The van der Waals surface area contributed by atoms with Crippen molar-refractivity contribution in [3.05, 3.63) is 65.2 Å². The lowest BCUT2D eigenvalue weighted by atomic mass is 10.2. The summed E-state index contributed by atoms with van der Waals surface area (Å²) in [5.41, 5.74) is 1.13. The minimum Gasteiger partial charge on any atom is -0.471 e. The number of ether oxygens (including phenoxy) is 1. The highest BCUT2D eigenvalue weighted by Crippen LogP contribution is 2.17. The number of halogens is 1. The molecule has 1 N–H and O–H groups in total. The number of aromatic nitrogens is 4. The molecule has 0 bridgehead atoms. The van der Waals surface area contributed by atoms with E-state index in [2.05, 4.69) is 15.5 Å². The second-order valence-electron chi connectivity index (χ2n) is 5.76. The second kappa shape index (κ2) is 8.05. The third kappa shape index (κ3) is 4.43. The van der Waals surface area contributed by atoms with E-state index in [0.717, 1.165) is 12.2 Å². The minimum atomic E-state index is -0.259. The van der Waals surface area contributed by atoms with Crippen LogP contribution in [0.4, 0.5) is 0 Å². The maximum absolute atomic E-state index is 12.4. The average Bonchev–Trinajstić information content (AvgIpc) is 3.29. The summed E-state index contributed by atoms with van der Waals surface area (Å²) in [6.07, 6.45) is 3.58. The largest absolute Gasteiger partial charge is 0.471 e. The predicted octanol–water partition coefficient (Wildman–Crippen LogP) is 3.28. The van der Waals surface area contributed by atoms with Crippen LogP contribution in [0.3, 0.4) is 0 Å². The molecule has 1 amide bonds. The normalized spacial score (nSPS) is 12.0. The van der Waals surface area contributed by atoms with Crippen molar-refractivity contribution in [1.82, 2.24) is 24.9 Å². The lowest BCUT2D eigenvalue weighted by Gasteiger charge is -2.10. The molecule has 1 unspecified atom stereocenters. The zero-order valence-electron chi connectivity index (χ0n) is 14.6. The summed E-state index contributed by atoms with van der Waals surface area (Å²) < 4.78 is 8.97. The number of aryl methyl sites for hydroxylation is 1. The first-order valence-electron chi connectivity index (χ1n) is 8.31. The Balaban J connectivity index is 1.57. The molecule has 2 aromatic heterocycles. The molecule has 0 aliphatic carbocycles. The first kappa shape index (κ1) is 18.0. The fourth-order valence-corrected chi connectivity index (χ4v) is 2.56. The van der Waals surface area contributed by atoms with E-state index < -0.39 is 0 Å². The first-order valence-corrected chi connectivity index (χ1v) is 8.69. The van der Waals surface area contributed by atoms with Crippen molar-refractivity contribution in [2.45, 2.75) is 33.2 Å². The van der Waals surface area contributed by atoms with Crippen molar-refractivity contribution < 1.29 is 9.53 Å². The summed E-state index contributed by atoms with van der Waals surface area (Å²) in [6, 6.07) is 10.4. The van der Waals surface area contributed by atoms with Gasteiger partial charge in [0.1, 0.15) is 11.4 Å². The molecule has 0 spiro atoms. The van der Waals surface area contributed by atoms with E-state index in [9.17, 15) is 4.79 Å². The van der Waals surface area contributed by atoms with Gasteiger partial charge in [0.15, 0.2) is 6.73 Å². The molecular weight excluding hydrogens is 354 g/mol. The molecule has 0 saturated carbocycles. The van der Waals surface area contributed by atoms with Gasteiger partial charge in [-0.05, 0) is 44.2 Å². The minimum absolute atomic E-state index is 0.185. The number of amides is 1. The number of carbonyl (C=O) groups is 1. The van der Waals surface area contributed by atoms with Crippen LogP contribution >= 0.6 is 11.6 Å². The SMILES string of the molecule is CCn1ccc(C(C)NC(=O)c2ccn(COc3cccc(Cl)c3)n2)n1. The van der Waals surface area contributed by atoms with Crippen molar-refractivity contribution in [3.8, 4) is 5.75 Å². The molecule has 7 nitrogen and oxygen atoms in total. The van der Waals surface area contributed by atoms with Gasteiger partial charge in [0.2, 0.25) is 0 Å². The zero-order valence-corrected chi connectivity index (χ0v) is 15.3. The van der Waals surface area contributed by atoms with Gasteiger partial charge in [-0.3, -0.25) is 9.48 Å². The van der Waals surface area contributed by atoms with Gasteiger partial charge in [0.05, 0.1) is 11.7 Å². The molecule has 0 radical (unpaired) electrons. The van der Waals surface area contributed by atoms with Crippen LogP contribution in [0.25, 0.3) is 0 Å². The molecule has 0 fully saturated rings. The van der Waals surface area contributed by atoms with E-state index in [4.69, 9.17) is 16.3 Å². The topological polar surface area (TPSA) is 74.0 Å². The Bertz CT molecular complexity index is 889. The maximum Gasteiger partial charge on any atom is 0.272 e. The van der Waals surface area contributed by atoms with Gasteiger partial charge in [0, 0.05) is 24.0 Å². The molecular formula is C18H20ClN5O2. The van der Waals surface area contributed by atoms with Gasteiger partial charge in [-0.2, -0.15) is 10.2 Å². The Hall–Kier alpha value is -2.80. The number of nitrogens with zero attached hydrogens (tertiary/aromatic N) is 4. The van der Waals surface area contributed by atoms with Gasteiger partial charge >= 0.3 is 0 Å². The smallest absolute Gasteiger partial charge is 0.272 e. The molecule has 0 saturated heterocycles. The van der Waals surface area contributed by atoms with Crippen LogP contribution in [0, 0.1) is 0 Å². The number of nitrogens with one attached hydrogen (secondary N) is 1. The van der Waals surface area contributed by atoms with Crippen LogP contribution in [-0.4, -0.2) is 25.5 Å². The van der Waals surface area contributed by atoms with Gasteiger partial charge in [0.25, 0.3) is 5.91 Å². The van der Waals surface area contributed by atoms with Gasteiger partial charge < -0.3 is 10.1 Å². The zero-order chi connectivity index (χ0) is 18.5. The average molecular weight is 374 g/mol. The van der Waals surface area contributed by atoms with Crippen LogP contribution in [-0.2, 0) is 13.3 Å². The number of rotatable bonds is 7. The molecule has 2 heterocycles. The summed E-state index contributed by atoms with van der Waals surface area (Å²) in [5.74, 6) is 0.379. The molecule has 3 aromatic rings.